The molecule has 0 radical (unpaired) electrons. The molecule has 43 heavy (non-hydrogen) atoms. The fourth-order valence-electron chi connectivity index (χ4n) is 5.19. The van der Waals surface area contributed by atoms with Gasteiger partial charge in [0.2, 0.25) is 11.9 Å². The average molecular weight is 603 g/mol. The third-order valence-electron chi connectivity index (χ3n) is 7.67. The number of methoxy groups -OCH3 is 2. The Labute approximate surface area is 255 Å². The van der Waals surface area contributed by atoms with Crippen molar-refractivity contribution < 1.29 is 14.3 Å². The Morgan fingerprint density at radius 3 is 2.53 bits per heavy atom. The molecule has 5 rings (SSSR count). The second-order valence-electron chi connectivity index (χ2n) is 10.5. The molecule has 0 unspecified atom stereocenters. The molecule has 0 atom stereocenters. The van der Waals surface area contributed by atoms with E-state index >= 15 is 0 Å². The minimum absolute atomic E-state index is 0.247. The van der Waals surface area contributed by atoms with Gasteiger partial charge in [0.1, 0.15) is 17.1 Å². The van der Waals surface area contributed by atoms with Gasteiger partial charge in [-0.15, -0.1) is 0 Å². The zero-order chi connectivity index (χ0) is 30.5. The quantitative estimate of drug-likeness (QED) is 0.244. The molecule has 2 aromatic heterocycles. The predicted octanol–water partition coefficient (Wildman–Crippen LogP) is 5.00. The second kappa shape index (κ2) is 13.3. The molecule has 11 heteroatoms. The number of halogens is 1. The molecule has 0 saturated carbocycles. The van der Waals surface area contributed by atoms with Crippen LogP contribution in [0.2, 0.25) is 5.02 Å². The first-order chi connectivity index (χ1) is 20.8. The van der Waals surface area contributed by atoms with Gasteiger partial charge in [0.15, 0.2) is 0 Å². The van der Waals surface area contributed by atoms with E-state index in [0.29, 0.717) is 63.3 Å². The lowest BCUT2D eigenvalue weighted by atomic mass is 10.0. The molecule has 0 spiro atoms. The molecule has 2 N–H and O–H groups in total. The summed E-state index contributed by atoms with van der Waals surface area (Å²) in [5, 5.41) is 7.22. The highest BCUT2D eigenvalue weighted by molar-refractivity contribution is 6.35. The Kier molecular flexibility index (Phi) is 9.27. The summed E-state index contributed by atoms with van der Waals surface area (Å²) >= 11 is 6.72. The van der Waals surface area contributed by atoms with Crippen LogP contribution in [0.15, 0.2) is 66.1 Å². The smallest absolute Gasteiger partial charge is 0.260 e. The zero-order valence-electron chi connectivity index (χ0n) is 24.5. The third-order valence-corrected chi connectivity index (χ3v) is 8.06. The molecule has 2 aromatic carbocycles. The molecular formula is C32H35ClN6O4. The fraction of sp³-hybridized carbons (Fsp3) is 0.312. The lowest BCUT2D eigenvalue weighted by Crippen LogP contribution is -2.37. The third kappa shape index (κ3) is 6.81. The minimum atomic E-state index is -0.278. The SMILES string of the molecule is C=CC(=O)Nc1ccc(CCn2c(=O)c(-c3cc(OC)cc(OC)c3Cl)cc3cnc(NC4CCN(C)CC4)nc32)cc1. The molecule has 10 nitrogen and oxygen atoms in total. The van der Waals surface area contributed by atoms with Gasteiger partial charge in [0.25, 0.3) is 5.56 Å². The van der Waals surface area contributed by atoms with Gasteiger partial charge in [-0.2, -0.15) is 4.98 Å². The van der Waals surface area contributed by atoms with Crippen molar-refractivity contribution in [2.75, 3.05) is 45.0 Å². The number of carbonyl (C=O) groups excluding carboxylic acids is 1. The van der Waals surface area contributed by atoms with E-state index in [4.69, 9.17) is 26.1 Å². The molecule has 4 aromatic rings. The number of anilines is 2. The molecule has 1 saturated heterocycles. The van der Waals surface area contributed by atoms with Gasteiger partial charge in [0.05, 0.1) is 19.2 Å². The second-order valence-corrected chi connectivity index (χ2v) is 10.9. The maximum absolute atomic E-state index is 14.2. The molecule has 1 aliphatic heterocycles. The van der Waals surface area contributed by atoms with Gasteiger partial charge in [-0.25, -0.2) is 4.98 Å². The topological polar surface area (TPSA) is 111 Å². The number of carbonyl (C=O) groups is 1. The van der Waals surface area contributed by atoms with Crippen molar-refractivity contribution in [1.82, 2.24) is 19.4 Å². The molecule has 224 valence electrons. The first-order valence-electron chi connectivity index (χ1n) is 14.1. The number of piperidine rings is 1. The maximum Gasteiger partial charge on any atom is 0.260 e. The molecule has 0 aliphatic carbocycles. The summed E-state index contributed by atoms with van der Waals surface area (Å²) in [4.78, 5) is 37.6. The van der Waals surface area contributed by atoms with Crippen LogP contribution in [-0.2, 0) is 17.8 Å². The van der Waals surface area contributed by atoms with Crippen LogP contribution in [0, 0.1) is 0 Å². The highest BCUT2D eigenvalue weighted by Crippen LogP contribution is 2.38. The lowest BCUT2D eigenvalue weighted by Gasteiger charge is -2.29. The van der Waals surface area contributed by atoms with E-state index in [-0.39, 0.29) is 17.5 Å². The predicted molar refractivity (Wildman–Crippen MR) is 170 cm³/mol. The van der Waals surface area contributed by atoms with Crippen molar-refractivity contribution in [3.05, 3.63) is 82.3 Å². The standard InChI is InChI=1S/C32H35ClN6O4/c1-5-28(40)35-22-8-6-20(7-9-22)10-15-39-30-21(19-34-32(37-30)36-23-11-13-38(2)14-12-23)16-26(31(39)41)25-17-24(42-3)18-27(43-4)29(25)33/h5-9,16-19,23H,1,10-15H2,2-4H3,(H,35,40)(H,34,36,37). The van der Waals surface area contributed by atoms with E-state index < -0.39 is 0 Å². The van der Waals surface area contributed by atoms with Gasteiger partial charge in [-0.05, 0) is 75.3 Å². The van der Waals surface area contributed by atoms with Crippen LogP contribution in [0.3, 0.4) is 0 Å². The first kappa shape index (κ1) is 30.1. The number of hydrogen-bond acceptors (Lipinski definition) is 8. The summed E-state index contributed by atoms with van der Waals surface area (Å²) in [5.74, 6) is 1.13. The van der Waals surface area contributed by atoms with Crippen LogP contribution in [0.1, 0.15) is 18.4 Å². The zero-order valence-corrected chi connectivity index (χ0v) is 25.3. The summed E-state index contributed by atoms with van der Waals surface area (Å²) in [6, 6.07) is 12.9. The van der Waals surface area contributed by atoms with Crippen molar-refractivity contribution in [3.8, 4) is 22.6 Å². The van der Waals surface area contributed by atoms with Crippen LogP contribution < -0.4 is 25.7 Å². The fourth-order valence-corrected chi connectivity index (χ4v) is 5.48. The normalized spacial score (nSPS) is 14.0. The summed E-state index contributed by atoms with van der Waals surface area (Å²) in [5.41, 5.74) is 2.81. The summed E-state index contributed by atoms with van der Waals surface area (Å²) in [6.45, 7) is 5.83. The molecule has 1 fully saturated rings. The number of benzene rings is 2. The molecule has 3 heterocycles. The Hall–Kier alpha value is -4.41. The van der Waals surface area contributed by atoms with Crippen LogP contribution in [0.25, 0.3) is 22.2 Å². The highest BCUT2D eigenvalue weighted by atomic mass is 35.5. The Bertz CT molecular complexity index is 1700. The van der Waals surface area contributed by atoms with E-state index in [1.165, 1.54) is 13.2 Å². The molecule has 1 amide bonds. The first-order valence-corrected chi connectivity index (χ1v) is 14.5. The van der Waals surface area contributed by atoms with Crippen LogP contribution >= 0.6 is 11.6 Å². The molecular weight excluding hydrogens is 568 g/mol. The minimum Gasteiger partial charge on any atom is -0.497 e. The van der Waals surface area contributed by atoms with Gasteiger partial charge < -0.3 is 25.0 Å². The maximum atomic E-state index is 14.2. The highest BCUT2D eigenvalue weighted by Gasteiger charge is 2.21. The van der Waals surface area contributed by atoms with E-state index in [0.717, 1.165) is 31.5 Å². The van der Waals surface area contributed by atoms with E-state index in [2.05, 4.69) is 34.1 Å². The van der Waals surface area contributed by atoms with E-state index in [9.17, 15) is 9.59 Å². The summed E-state index contributed by atoms with van der Waals surface area (Å²) in [7, 11) is 5.18. The van der Waals surface area contributed by atoms with Crippen molar-refractivity contribution in [2.24, 2.45) is 0 Å². The summed E-state index contributed by atoms with van der Waals surface area (Å²) < 4.78 is 12.6. The number of nitrogens with zero attached hydrogens (tertiary/aromatic N) is 4. The summed E-state index contributed by atoms with van der Waals surface area (Å²) in [6.07, 6.45) is 5.49. The van der Waals surface area contributed by atoms with Crippen molar-refractivity contribution >= 4 is 40.2 Å². The molecule has 1 aliphatic rings. The van der Waals surface area contributed by atoms with E-state index in [1.807, 2.05) is 24.3 Å². The van der Waals surface area contributed by atoms with Crippen LogP contribution in [0.5, 0.6) is 11.5 Å². The number of aryl methyl sites for hydroxylation is 2. The Morgan fingerprint density at radius 2 is 1.86 bits per heavy atom. The van der Waals surface area contributed by atoms with Gasteiger partial charge in [0, 0.05) is 47.1 Å². The number of nitrogens with one attached hydrogen (secondary N) is 2. The monoisotopic (exact) mass is 602 g/mol. The number of likely N-dealkylation sites (tertiary alicyclic amines) is 1. The van der Waals surface area contributed by atoms with Crippen LogP contribution in [-0.4, -0.2) is 65.7 Å². The van der Waals surface area contributed by atoms with Crippen molar-refractivity contribution in [2.45, 2.75) is 31.8 Å². The number of rotatable bonds is 10. The number of amides is 1. The number of pyridine rings is 1. The number of fused-ring (bicyclic) bond motifs is 1. The van der Waals surface area contributed by atoms with Gasteiger partial charge in [-0.3, -0.25) is 14.2 Å². The lowest BCUT2D eigenvalue weighted by molar-refractivity contribution is -0.111. The average Bonchev–Trinajstić information content (AvgIpc) is 3.02. The van der Waals surface area contributed by atoms with Crippen molar-refractivity contribution in [1.29, 1.82) is 0 Å². The number of aromatic nitrogens is 3. The number of hydrogen-bond donors (Lipinski definition) is 2. The van der Waals surface area contributed by atoms with Crippen LogP contribution in [0.4, 0.5) is 11.6 Å². The number of ether oxygens (including phenoxy) is 2. The van der Waals surface area contributed by atoms with Crippen molar-refractivity contribution in [3.63, 3.8) is 0 Å². The largest absolute Gasteiger partial charge is 0.497 e. The van der Waals surface area contributed by atoms with Gasteiger partial charge >= 0.3 is 0 Å². The molecule has 0 bridgehead atoms. The Morgan fingerprint density at radius 1 is 1.12 bits per heavy atom. The Balaban J connectivity index is 1.55. The van der Waals surface area contributed by atoms with Gasteiger partial charge in [-0.1, -0.05) is 30.3 Å². The van der Waals surface area contributed by atoms with E-state index in [1.54, 1.807) is 36.1 Å².